The molecule has 1 fully saturated rings. The molecule has 0 spiro atoms. The zero-order valence-electron chi connectivity index (χ0n) is 22.1. The fraction of sp³-hybridized carbons (Fsp3) is 0.333. The number of ether oxygens (including phenoxy) is 2. The number of nitrogens with one attached hydrogen (secondary N) is 1. The van der Waals surface area contributed by atoms with Crippen LogP contribution in [0.3, 0.4) is 0 Å². The summed E-state index contributed by atoms with van der Waals surface area (Å²) in [4.78, 5) is 30.4. The van der Waals surface area contributed by atoms with E-state index < -0.39 is 0 Å². The van der Waals surface area contributed by atoms with Crippen LogP contribution in [0.25, 0.3) is 20.4 Å². The molecule has 0 saturated carbocycles. The SMILES string of the molecule is COc1ccc2c(O)cc3c(c2c1)C(CCl)CN3C(=O)c1cc2cc(NC(=O)CCN3CCOCC3)ccc2[se]1. The third-order valence-electron chi connectivity index (χ3n) is 7.65. The van der Waals surface area contributed by atoms with E-state index in [0.717, 1.165) is 43.8 Å². The summed E-state index contributed by atoms with van der Waals surface area (Å²) in [5, 5.41) is 16.3. The average molecular weight is 627 g/mol. The van der Waals surface area contributed by atoms with Gasteiger partial charge in [0.1, 0.15) is 0 Å². The van der Waals surface area contributed by atoms with Crippen molar-refractivity contribution in [2.45, 2.75) is 12.3 Å². The molecule has 3 heterocycles. The third kappa shape index (κ3) is 5.20. The van der Waals surface area contributed by atoms with Gasteiger partial charge in [-0.25, -0.2) is 0 Å². The number of alkyl halides is 1. The number of phenolic OH excluding ortho intramolecular Hbond substituents is 1. The molecule has 2 aliphatic rings. The molecule has 0 aliphatic carbocycles. The summed E-state index contributed by atoms with van der Waals surface area (Å²) in [7, 11) is 1.60. The summed E-state index contributed by atoms with van der Waals surface area (Å²) in [5.41, 5.74) is 2.38. The van der Waals surface area contributed by atoms with Crippen molar-refractivity contribution in [1.82, 2.24) is 4.90 Å². The number of phenols is 1. The van der Waals surface area contributed by atoms with E-state index in [-0.39, 0.29) is 38.0 Å². The number of carbonyl (C=O) groups is 2. The van der Waals surface area contributed by atoms with Gasteiger partial charge < -0.3 is 0 Å². The van der Waals surface area contributed by atoms with Crippen molar-refractivity contribution < 1.29 is 24.2 Å². The van der Waals surface area contributed by atoms with Crippen LogP contribution in [-0.4, -0.2) is 88.7 Å². The zero-order valence-corrected chi connectivity index (χ0v) is 24.6. The number of aromatic hydroxyl groups is 1. The van der Waals surface area contributed by atoms with Crippen molar-refractivity contribution in [3.63, 3.8) is 0 Å². The molecular weight excluding hydrogens is 597 g/mol. The second-order valence-electron chi connectivity index (χ2n) is 10.1. The molecule has 1 aromatic heterocycles. The van der Waals surface area contributed by atoms with Crippen LogP contribution < -0.4 is 15.0 Å². The molecular formula is C30H30ClN3O5Se. The monoisotopic (exact) mass is 627 g/mol. The van der Waals surface area contributed by atoms with Crippen molar-refractivity contribution in [2.75, 3.05) is 62.6 Å². The van der Waals surface area contributed by atoms with Crippen LogP contribution in [0.4, 0.5) is 11.4 Å². The topological polar surface area (TPSA) is 91.3 Å². The van der Waals surface area contributed by atoms with Crippen LogP contribution in [0.1, 0.15) is 27.1 Å². The van der Waals surface area contributed by atoms with Crippen molar-refractivity contribution in [3.8, 4) is 11.5 Å². The Labute approximate surface area is 243 Å². The summed E-state index contributed by atoms with van der Waals surface area (Å²) in [6.45, 7) is 4.29. The Morgan fingerprint density at radius 1 is 1.12 bits per heavy atom. The van der Waals surface area contributed by atoms with Gasteiger partial charge in [-0.15, -0.1) is 0 Å². The fourth-order valence-corrected chi connectivity index (χ4v) is 7.90. The second-order valence-corrected chi connectivity index (χ2v) is 12.7. The Kier molecular flexibility index (Phi) is 7.75. The van der Waals surface area contributed by atoms with E-state index in [1.54, 1.807) is 18.1 Å². The van der Waals surface area contributed by atoms with Gasteiger partial charge in [0.2, 0.25) is 0 Å². The van der Waals surface area contributed by atoms with Crippen LogP contribution in [0, 0.1) is 0 Å². The van der Waals surface area contributed by atoms with E-state index >= 15 is 0 Å². The Morgan fingerprint density at radius 2 is 1.95 bits per heavy atom. The van der Waals surface area contributed by atoms with Crippen LogP contribution in [0.5, 0.6) is 11.5 Å². The molecule has 2 aliphatic heterocycles. The first kappa shape index (κ1) is 27.1. The van der Waals surface area contributed by atoms with Gasteiger partial charge in [0.05, 0.1) is 0 Å². The number of hydrogen-bond donors (Lipinski definition) is 2. The number of anilines is 2. The van der Waals surface area contributed by atoms with Crippen molar-refractivity contribution in [2.24, 2.45) is 0 Å². The Morgan fingerprint density at radius 3 is 2.73 bits per heavy atom. The quantitative estimate of drug-likeness (QED) is 0.233. The molecule has 40 heavy (non-hydrogen) atoms. The van der Waals surface area contributed by atoms with Crippen molar-refractivity contribution >= 4 is 69.7 Å². The van der Waals surface area contributed by atoms with Gasteiger partial charge in [-0.2, -0.15) is 0 Å². The van der Waals surface area contributed by atoms with Gasteiger partial charge in [0, 0.05) is 0 Å². The molecule has 208 valence electrons. The Bertz CT molecular complexity index is 1600. The number of fused-ring (bicyclic) bond motifs is 4. The maximum atomic E-state index is 13.8. The average Bonchev–Trinajstić information content (AvgIpc) is 3.57. The van der Waals surface area contributed by atoms with Gasteiger partial charge >= 0.3 is 244 Å². The molecule has 1 atom stereocenters. The van der Waals surface area contributed by atoms with Gasteiger partial charge in [-0.05, 0) is 0 Å². The molecule has 10 heteroatoms. The number of amides is 2. The van der Waals surface area contributed by atoms with Gasteiger partial charge in [0.25, 0.3) is 0 Å². The summed E-state index contributed by atoms with van der Waals surface area (Å²) in [6.07, 6.45) is 0.421. The predicted octanol–water partition coefficient (Wildman–Crippen LogP) is 4.41. The van der Waals surface area contributed by atoms with Crippen LogP contribution >= 0.6 is 11.6 Å². The van der Waals surface area contributed by atoms with Gasteiger partial charge in [0.15, 0.2) is 0 Å². The van der Waals surface area contributed by atoms with E-state index in [1.807, 2.05) is 42.5 Å². The molecule has 2 amide bonds. The minimum absolute atomic E-state index is 0.0281. The minimum atomic E-state index is -0.174. The molecule has 3 aromatic carbocycles. The summed E-state index contributed by atoms with van der Waals surface area (Å²) < 4.78 is 12.6. The summed E-state index contributed by atoms with van der Waals surface area (Å²) in [5.74, 6) is 0.981. The van der Waals surface area contributed by atoms with Crippen molar-refractivity contribution in [1.29, 1.82) is 0 Å². The molecule has 1 unspecified atom stereocenters. The molecule has 4 aromatic rings. The number of nitrogens with zero attached hydrogens (tertiary/aromatic N) is 2. The van der Waals surface area contributed by atoms with Gasteiger partial charge in [-0.1, -0.05) is 0 Å². The fourth-order valence-electron chi connectivity index (χ4n) is 5.57. The Hall–Kier alpha value is -3.07. The number of hydrogen-bond acceptors (Lipinski definition) is 6. The van der Waals surface area contributed by atoms with E-state index in [1.165, 1.54) is 0 Å². The van der Waals surface area contributed by atoms with Crippen LogP contribution in [0.2, 0.25) is 0 Å². The van der Waals surface area contributed by atoms with Crippen LogP contribution in [-0.2, 0) is 9.53 Å². The number of carbonyl (C=O) groups excluding carboxylic acids is 2. The predicted molar refractivity (Wildman–Crippen MR) is 159 cm³/mol. The molecule has 6 rings (SSSR count). The van der Waals surface area contributed by atoms with Crippen molar-refractivity contribution in [3.05, 3.63) is 58.5 Å². The number of morpholine rings is 1. The first-order valence-corrected chi connectivity index (χ1v) is 15.5. The van der Waals surface area contributed by atoms with E-state index in [4.69, 9.17) is 21.1 Å². The zero-order chi connectivity index (χ0) is 27.8. The number of methoxy groups -OCH3 is 1. The Balaban J connectivity index is 1.23. The molecule has 2 N–H and O–H groups in total. The van der Waals surface area contributed by atoms with Gasteiger partial charge in [-0.3, -0.25) is 0 Å². The molecule has 0 bridgehead atoms. The molecule has 1 saturated heterocycles. The standard InChI is InChI=1S/C30H30ClN3O5Se/c1-38-21-3-4-22-23(14-21)29-19(16-31)17-34(24(29)15-25(22)35)30(37)27-13-18-12-20(2-5-26(18)40-27)32-28(36)6-7-33-8-10-39-11-9-33/h2-5,12-15,19,35H,6-11,16-17H2,1H3,(H,32,36). The summed E-state index contributed by atoms with van der Waals surface area (Å²) >= 11 is 6.22. The third-order valence-corrected chi connectivity index (χ3v) is 10.3. The maximum absolute atomic E-state index is 13.8. The number of rotatable bonds is 7. The number of halogens is 1. The van der Waals surface area contributed by atoms with Crippen LogP contribution in [0.15, 0.2) is 48.5 Å². The van der Waals surface area contributed by atoms with E-state index in [2.05, 4.69) is 10.2 Å². The molecule has 0 radical (unpaired) electrons. The first-order valence-electron chi connectivity index (χ1n) is 13.3. The second kappa shape index (κ2) is 11.4. The molecule has 8 nitrogen and oxygen atoms in total. The first-order chi connectivity index (χ1) is 19.4. The summed E-state index contributed by atoms with van der Waals surface area (Å²) in [6, 6.07) is 15.0. The van der Waals surface area contributed by atoms with E-state index in [9.17, 15) is 14.7 Å². The normalized spacial score (nSPS) is 17.4. The number of benzene rings is 3. The van der Waals surface area contributed by atoms with E-state index in [0.29, 0.717) is 55.4 Å².